The highest BCUT2D eigenvalue weighted by Crippen LogP contribution is 2.40. The van der Waals surface area contributed by atoms with Gasteiger partial charge in [0.05, 0.1) is 17.1 Å². The summed E-state index contributed by atoms with van der Waals surface area (Å²) < 4.78 is 2.40. The van der Waals surface area contributed by atoms with Gasteiger partial charge >= 0.3 is 0 Å². The number of imidazole rings is 1. The SMILES string of the molecule is CCCNC(C)c1nc2cc(Cl)ccc2n1C1CC1. The fourth-order valence-corrected chi connectivity index (χ4v) is 2.73. The van der Waals surface area contributed by atoms with Gasteiger partial charge in [-0.25, -0.2) is 4.98 Å². The average molecular weight is 278 g/mol. The summed E-state index contributed by atoms with van der Waals surface area (Å²) >= 11 is 6.07. The molecule has 3 nitrogen and oxygen atoms in total. The van der Waals surface area contributed by atoms with Crippen LogP contribution in [0.15, 0.2) is 18.2 Å². The molecule has 0 saturated heterocycles. The zero-order valence-corrected chi connectivity index (χ0v) is 12.2. The highest BCUT2D eigenvalue weighted by molar-refractivity contribution is 6.31. The molecule has 3 rings (SSSR count). The molecule has 2 aromatic rings. The van der Waals surface area contributed by atoms with Crippen molar-refractivity contribution in [3.05, 3.63) is 29.0 Å². The Morgan fingerprint density at radius 3 is 2.95 bits per heavy atom. The summed E-state index contributed by atoms with van der Waals surface area (Å²) in [6.45, 7) is 5.40. The van der Waals surface area contributed by atoms with Crippen molar-refractivity contribution in [3.63, 3.8) is 0 Å². The Kier molecular flexibility index (Phi) is 3.50. The van der Waals surface area contributed by atoms with E-state index in [0.717, 1.165) is 29.3 Å². The molecule has 1 fully saturated rings. The first-order valence-corrected chi connectivity index (χ1v) is 7.49. The van der Waals surface area contributed by atoms with Crippen LogP contribution in [0.5, 0.6) is 0 Å². The fraction of sp³-hybridized carbons (Fsp3) is 0.533. The Morgan fingerprint density at radius 1 is 1.47 bits per heavy atom. The van der Waals surface area contributed by atoms with Crippen LogP contribution in [0.2, 0.25) is 5.02 Å². The standard InChI is InChI=1S/C15H20ClN3/c1-3-8-17-10(2)15-18-13-9-11(16)4-7-14(13)19(15)12-5-6-12/h4,7,9-10,12,17H,3,5-6,8H2,1-2H3. The molecule has 19 heavy (non-hydrogen) atoms. The van der Waals surface area contributed by atoms with Crippen LogP contribution in [0.1, 0.15) is 51.0 Å². The maximum atomic E-state index is 6.07. The molecule has 1 heterocycles. The first-order chi connectivity index (χ1) is 9.20. The Balaban J connectivity index is 2.04. The number of rotatable bonds is 5. The van der Waals surface area contributed by atoms with E-state index in [1.807, 2.05) is 12.1 Å². The van der Waals surface area contributed by atoms with Crippen LogP contribution in [-0.4, -0.2) is 16.1 Å². The number of nitrogens with one attached hydrogen (secondary N) is 1. The van der Waals surface area contributed by atoms with E-state index in [9.17, 15) is 0 Å². The fourth-order valence-electron chi connectivity index (χ4n) is 2.56. The highest BCUT2D eigenvalue weighted by atomic mass is 35.5. The molecule has 1 N–H and O–H groups in total. The summed E-state index contributed by atoms with van der Waals surface area (Å²) in [6, 6.07) is 6.93. The highest BCUT2D eigenvalue weighted by Gasteiger charge is 2.29. The number of fused-ring (bicyclic) bond motifs is 1. The number of nitrogens with zero attached hydrogens (tertiary/aromatic N) is 2. The maximum Gasteiger partial charge on any atom is 0.127 e. The van der Waals surface area contributed by atoms with Crippen LogP contribution >= 0.6 is 11.6 Å². The van der Waals surface area contributed by atoms with Crippen molar-refractivity contribution in [1.29, 1.82) is 0 Å². The number of aromatic nitrogens is 2. The van der Waals surface area contributed by atoms with Gasteiger partial charge in [0.25, 0.3) is 0 Å². The Morgan fingerprint density at radius 2 is 2.26 bits per heavy atom. The van der Waals surface area contributed by atoms with Gasteiger partial charge in [0, 0.05) is 11.1 Å². The van der Waals surface area contributed by atoms with Crippen molar-refractivity contribution in [2.24, 2.45) is 0 Å². The van der Waals surface area contributed by atoms with Gasteiger partial charge in [-0.05, 0) is 50.9 Å². The molecule has 4 heteroatoms. The largest absolute Gasteiger partial charge is 0.324 e. The van der Waals surface area contributed by atoms with Gasteiger partial charge in [-0.15, -0.1) is 0 Å². The van der Waals surface area contributed by atoms with E-state index in [0.29, 0.717) is 6.04 Å². The Labute approximate surface area is 119 Å². The first-order valence-electron chi connectivity index (χ1n) is 7.11. The molecule has 0 aliphatic heterocycles. The normalized spacial score (nSPS) is 17.0. The smallest absolute Gasteiger partial charge is 0.127 e. The van der Waals surface area contributed by atoms with Crippen LogP contribution in [0, 0.1) is 0 Å². The summed E-state index contributed by atoms with van der Waals surface area (Å²) in [5, 5.41) is 4.29. The lowest BCUT2D eigenvalue weighted by molar-refractivity contribution is 0.518. The van der Waals surface area contributed by atoms with E-state index < -0.39 is 0 Å². The van der Waals surface area contributed by atoms with Crippen LogP contribution < -0.4 is 5.32 Å². The van der Waals surface area contributed by atoms with Gasteiger partial charge in [-0.2, -0.15) is 0 Å². The second kappa shape index (κ2) is 5.14. The first kappa shape index (κ1) is 12.9. The predicted octanol–water partition coefficient (Wildman–Crippen LogP) is 4.09. The zero-order valence-electron chi connectivity index (χ0n) is 11.5. The molecular weight excluding hydrogens is 258 g/mol. The van der Waals surface area contributed by atoms with Crippen molar-refractivity contribution in [2.45, 2.75) is 45.2 Å². The van der Waals surface area contributed by atoms with E-state index in [1.54, 1.807) is 0 Å². The zero-order chi connectivity index (χ0) is 13.4. The van der Waals surface area contributed by atoms with Crippen molar-refractivity contribution < 1.29 is 0 Å². The van der Waals surface area contributed by atoms with Crippen LogP contribution in [0.4, 0.5) is 0 Å². The van der Waals surface area contributed by atoms with Gasteiger partial charge in [0.15, 0.2) is 0 Å². The van der Waals surface area contributed by atoms with Crippen molar-refractivity contribution >= 4 is 22.6 Å². The molecular formula is C15H20ClN3. The number of halogens is 1. The number of benzene rings is 1. The molecule has 102 valence electrons. The lowest BCUT2D eigenvalue weighted by Crippen LogP contribution is -2.22. The van der Waals surface area contributed by atoms with Gasteiger partial charge in [0.1, 0.15) is 5.82 Å². The molecule has 1 aliphatic rings. The minimum atomic E-state index is 0.284. The summed E-state index contributed by atoms with van der Waals surface area (Å²) in [6.07, 6.45) is 3.67. The van der Waals surface area contributed by atoms with E-state index in [4.69, 9.17) is 16.6 Å². The Bertz CT molecular complexity index is 586. The summed E-state index contributed by atoms with van der Waals surface area (Å²) in [5.41, 5.74) is 2.23. The molecule has 0 radical (unpaired) electrons. The van der Waals surface area contributed by atoms with E-state index in [-0.39, 0.29) is 6.04 Å². The Hall–Kier alpha value is -1.06. The van der Waals surface area contributed by atoms with E-state index in [2.05, 4.69) is 29.8 Å². The van der Waals surface area contributed by atoms with Crippen molar-refractivity contribution in [2.75, 3.05) is 6.54 Å². The van der Waals surface area contributed by atoms with Gasteiger partial charge in [-0.3, -0.25) is 0 Å². The maximum absolute atomic E-state index is 6.07. The summed E-state index contributed by atoms with van der Waals surface area (Å²) in [7, 11) is 0. The third-order valence-corrected chi connectivity index (χ3v) is 3.91. The summed E-state index contributed by atoms with van der Waals surface area (Å²) in [4.78, 5) is 4.80. The van der Waals surface area contributed by atoms with Gasteiger partial charge in [0.2, 0.25) is 0 Å². The van der Waals surface area contributed by atoms with Crippen LogP contribution in [-0.2, 0) is 0 Å². The molecule has 0 bridgehead atoms. The van der Waals surface area contributed by atoms with Gasteiger partial charge in [-0.1, -0.05) is 18.5 Å². The monoisotopic (exact) mass is 277 g/mol. The molecule has 1 aromatic heterocycles. The number of hydrogen-bond acceptors (Lipinski definition) is 2. The molecule has 1 atom stereocenters. The predicted molar refractivity (Wildman–Crippen MR) is 79.7 cm³/mol. The lowest BCUT2D eigenvalue weighted by Gasteiger charge is -2.15. The molecule has 0 amide bonds. The van der Waals surface area contributed by atoms with E-state index in [1.165, 1.54) is 18.4 Å². The number of hydrogen-bond donors (Lipinski definition) is 1. The average Bonchev–Trinajstić information content (AvgIpc) is 3.16. The minimum Gasteiger partial charge on any atom is -0.324 e. The van der Waals surface area contributed by atoms with E-state index >= 15 is 0 Å². The third-order valence-electron chi connectivity index (χ3n) is 3.68. The molecule has 0 spiro atoms. The summed E-state index contributed by atoms with van der Waals surface area (Å²) in [5.74, 6) is 1.15. The topological polar surface area (TPSA) is 29.9 Å². The molecule has 1 aromatic carbocycles. The third kappa shape index (κ3) is 2.49. The van der Waals surface area contributed by atoms with Crippen molar-refractivity contribution in [3.8, 4) is 0 Å². The second-order valence-corrected chi connectivity index (χ2v) is 5.82. The second-order valence-electron chi connectivity index (χ2n) is 5.38. The van der Waals surface area contributed by atoms with Crippen LogP contribution in [0.3, 0.4) is 0 Å². The molecule has 1 aliphatic carbocycles. The van der Waals surface area contributed by atoms with Crippen molar-refractivity contribution in [1.82, 2.24) is 14.9 Å². The lowest BCUT2D eigenvalue weighted by atomic mass is 10.3. The molecule has 1 saturated carbocycles. The van der Waals surface area contributed by atoms with Gasteiger partial charge < -0.3 is 9.88 Å². The quantitative estimate of drug-likeness (QED) is 0.892. The molecule has 1 unspecified atom stereocenters. The van der Waals surface area contributed by atoms with Crippen LogP contribution in [0.25, 0.3) is 11.0 Å². The minimum absolute atomic E-state index is 0.284.